The number of thioether (sulfide) groups is 1. The Morgan fingerprint density at radius 1 is 1.00 bits per heavy atom. The van der Waals surface area contributed by atoms with Crippen LogP contribution in [0.5, 0.6) is 0 Å². The van der Waals surface area contributed by atoms with Gasteiger partial charge in [0.1, 0.15) is 6.10 Å². The fourth-order valence-electron chi connectivity index (χ4n) is 6.76. The molecule has 0 spiro atoms. The van der Waals surface area contributed by atoms with Crippen molar-refractivity contribution in [3.05, 3.63) is 100 Å². The summed E-state index contributed by atoms with van der Waals surface area (Å²) in [7, 11) is 0. The second-order valence-electron chi connectivity index (χ2n) is 10.7. The second kappa shape index (κ2) is 9.58. The van der Waals surface area contributed by atoms with Gasteiger partial charge in [0.2, 0.25) is 0 Å². The van der Waals surface area contributed by atoms with E-state index >= 15 is 0 Å². The molecule has 4 aliphatic rings. The highest BCUT2D eigenvalue weighted by Crippen LogP contribution is 2.58. The topological polar surface area (TPSA) is 26.3 Å². The molecule has 1 heterocycles. The fourth-order valence-corrected chi connectivity index (χ4v) is 7.17. The molecule has 182 valence electrons. The summed E-state index contributed by atoms with van der Waals surface area (Å²) in [5.74, 6) is 8.14. The lowest BCUT2D eigenvalue weighted by atomic mass is 9.62. The standard InChI is InChI=1S/C33H32O2S/c1-33-21-35-32(23-9-15-27(36-2)16-10-23)31-28-18-14-26(34)20-24(28)11-17-29(31)30(33)19-13-25(33)12-8-22-6-4-3-5-7-22/h3-7,9-10,13,15-16,20,29-30,32H,11,14,17-19,21H2,1-2H3/t29?,30?,32-,33-/m1/s1. The molecule has 3 aliphatic carbocycles. The maximum atomic E-state index is 12.3. The van der Waals surface area contributed by atoms with Gasteiger partial charge in [-0.1, -0.05) is 55.2 Å². The molecule has 2 aromatic rings. The maximum absolute atomic E-state index is 12.3. The third kappa shape index (κ3) is 4.11. The summed E-state index contributed by atoms with van der Waals surface area (Å²) in [6.45, 7) is 3.03. The van der Waals surface area contributed by atoms with Crippen LogP contribution in [0.2, 0.25) is 0 Å². The summed E-state index contributed by atoms with van der Waals surface area (Å²) in [5, 5.41) is 0. The van der Waals surface area contributed by atoms with E-state index in [1.165, 1.54) is 32.8 Å². The highest BCUT2D eigenvalue weighted by Gasteiger charge is 2.51. The number of hydrogen-bond donors (Lipinski definition) is 0. The summed E-state index contributed by atoms with van der Waals surface area (Å²) in [6, 6.07) is 19.1. The van der Waals surface area contributed by atoms with Crippen molar-refractivity contribution in [2.75, 3.05) is 12.9 Å². The first-order valence-electron chi connectivity index (χ1n) is 13.1. The molecule has 2 nitrogen and oxygen atoms in total. The molecule has 0 bridgehead atoms. The second-order valence-corrected chi connectivity index (χ2v) is 11.6. The highest BCUT2D eigenvalue weighted by molar-refractivity contribution is 7.98. The molecule has 36 heavy (non-hydrogen) atoms. The van der Waals surface area contributed by atoms with Crippen molar-refractivity contribution in [3.8, 4) is 11.8 Å². The summed E-state index contributed by atoms with van der Waals surface area (Å²) >= 11 is 1.76. The van der Waals surface area contributed by atoms with Crippen LogP contribution >= 0.6 is 11.8 Å². The molecule has 0 radical (unpaired) electrons. The maximum Gasteiger partial charge on any atom is 0.156 e. The summed E-state index contributed by atoms with van der Waals surface area (Å²) in [6.07, 6.45) is 10.9. The lowest BCUT2D eigenvalue weighted by molar-refractivity contribution is -0.114. The lowest BCUT2D eigenvalue weighted by Gasteiger charge is -2.40. The molecule has 1 fully saturated rings. The molecular weight excluding hydrogens is 460 g/mol. The molecule has 6 rings (SSSR count). The summed E-state index contributed by atoms with van der Waals surface area (Å²) in [4.78, 5) is 13.5. The van der Waals surface area contributed by atoms with Crippen molar-refractivity contribution in [1.82, 2.24) is 0 Å². The minimum atomic E-state index is -0.113. The molecule has 2 unspecified atom stereocenters. The van der Waals surface area contributed by atoms with Crippen LogP contribution in [0.1, 0.15) is 56.3 Å². The summed E-state index contributed by atoms with van der Waals surface area (Å²) in [5.41, 5.74) is 7.48. The lowest BCUT2D eigenvalue weighted by Crippen LogP contribution is -2.34. The first-order chi connectivity index (χ1) is 17.6. The predicted octanol–water partition coefficient (Wildman–Crippen LogP) is 7.48. The number of carbonyl (C=O) groups excluding carboxylic acids is 1. The van der Waals surface area contributed by atoms with Gasteiger partial charge in [0.25, 0.3) is 0 Å². The molecule has 4 atom stereocenters. The Balaban J connectivity index is 1.43. The molecule has 1 aliphatic heterocycles. The first-order valence-corrected chi connectivity index (χ1v) is 14.3. The Kier molecular flexibility index (Phi) is 6.28. The monoisotopic (exact) mass is 492 g/mol. The van der Waals surface area contributed by atoms with Crippen molar-refractivity contribution in [2.45, 2.75) is 50.0 Å². The number of hydrogen-bond acceptors (Lipinski definition) is 3. The number of benzene rings is 2. The number of ketones is 1. The van der Waals surface area contributed by atoms with Crippen LogP contribution in [-0.2, 0) is 9.53 Å². The van der Waals surface area contributed by atoms with Crippen LogP contribution in [0.3, 0.4) is 0 Å². The van der Waals surface area contributed by atoms with E-state index in [9.17, 15) is 4.79 Å². The van der Waals surface area contributed by atoms with Crippen molar-refractivity contribution in [3.63, 3.8) is 0 Å². The Bertz CT molecular complexity index is 1340. The molecule has 0 N–H and O–H groups in total. The smallest absolute Gasteiger partial charge is 0.156 e. The van der Waals surface area contributed by atoms with E-state index in [2.05, 4.69) is 67.5 Å². The van der Waals surface area contributed by atoms with Gasteiger partial charge >= 0.3 is 0 Å². The van der Waals surface area contributed by atoms with E-state index < -0.39 is 0 Å². The van der Waals surface area contributed by atoms with E-state index in [-0.39, 0.29) is 17.3 Å². The van der Waals surface area contributed by atoms with Gasteiger partial charge in [-0.25, -0.2) is 0 Å². The zero-order valence-corrected chi connectivity index (χ0v) is 21.9. The van der Waals surface area contributed by atoms with Crippen LogP contribution in [0, 0.1) is 29.1 Å². The minimum absolute atomic E-state index is 0.0661. The van der Waals surface area contributed by atoms with Gasteiger partial charge in [-0.2, -0.15) is 0 Å². The zero-order valence-electron chi connectivity index (χ0n) is 21.1. The van der Waals surface area contributed by atoms with Gasteiger partial charge in [0.15, 0.2) is 5.78 Å². The number of fused-ring (bicyclic) bond motifs is 4. The number of rotatable bonds is 2. The molecule has 0 aromatic heterocycles. The normalized spacial score (nSPS) is 29.2. The number of carbonyl (C=O) groups is 1. The Morgan fingerprint density at radius 3 is 2.58 bits per heavy atom. The Morgan fingerprint density at radius 2 is 1.81 bits per heavy atom. The molecule has 1 saturated heterocycles. The van der Waals surface area contributed by atoms with E-state index in [1.54, 1.807) is 11.8 Å². The average molecular weight is 493 g/mol. The van der Waals surface area contributed by atoms with Crippen LogP contribution in [0.4, 0.5) is 0 Å². The fraction of sp³-hybridized carbons (Fsp3) is 0.364. The van der Waals surface area contributed by atoms with Gasteiger partial charge in [-0.3, -0.25) is 4.79 Å². The zero-order chi connectivity index (χ0) is 24.7. The van der Waals surface area contributed by atoms with Gasteiger partial charge < -0.3 is 4.74 Å². The van der Waals surface area contributed by atoms with Gasteiger partial charge in [0, 0.05) is 27.9 Å². The molecule has 0 amide bonds. The average Bonchev–Trinajstić information content (AvgIpc) is 3.17. The third-order valence-electron chi connectivity index (χ3n) is 8.68. The summed E-state index contributed by atoms with van der Waals surface area (Å²) < 4.78 is 6.92. The van der Waals surface area contributed by atoms with E-state index in [0.29, 0.717) is 24.9 Å². The van der Waals surface area contributed by atoms with Gasteiger partial charge in [0.05, 0.1) is 6.61 Å². The van der Waals surface area contributed by atoms with Crippen LogP contribution in [0.15, 0.2) is 93.9 Å². The number of allylic oxidation sites excluding steroid dienone is 4. The van der Waals surface area contributed by atoms with Crippen molar-refractivity contribution >= 4 is 17.5 Å². The van der Waals surface area contributed by atoms with E-state index in [1.807, 2.05) is 24.3 Å². The van der Waals surface area contributed by atoms with Crippen molar-refractivity contribution in [1.29, 1.82) is 0 Å². The molecule has 0 saturated carbocycles. The van der Waals surface area contributed by atoms with Crippen LogP contribution in [-0.4, -0.2) is 18.6 Å². The number of ether oxygens (including phenoxy) is 1. The van der Waals surface area contributed by atoms with Crippen LogP contribution in [0.25, 0.3) is 0 Å². The third-order valence-corrected chi connectivity index (χ3v) is 9.42. The van der Waals surface area contributed by atoms with E-state index in [0.717, 1.165) is 31.2 Å². The van der Waals surface area contributed by atoms with E-state index in [4.69, 9.17) is 4.74 Å². The van der Waals surface area contributed by atoms with Gasteiger partial charge in [-0.15, -0.1) is 11.8 Å². The Labute approximate surface area is 218 Å². The highest BCUT2D eigenvalue weighted by atomic mass is 32.2. The largest absolute Gasteiger partial charge is 0.368 e. The molecule has 2 aromatic carbocycles. The minimum Gasteiger partial charge on any atom is -0.368 e. The molecular formula is C33H32O2S. The Hall–Kier alpha value is -2.80. The molecule has 3 heteroatoms. The first kappa shape index (κ1) is 23.6. The SMILES string of the molecule is CSc1ccc([C@H]2OC[C@]3(C)C(C#Cc4ccccc4)=CCC3C3CCC4=CC(=O)CCC4=C32)cc1. The van der Waals surface area contributed by atoms with Crippen LogP contribution < -0.4 is 0 Å². The van der Waals surface area contributed by atoms with Crippen molar-refractivity contribution in [2.24, 2.45) is 17.3 Å². The van der Waals surface area contributed by atoms with Crippen molar-refractivity contribution < 1.29 is 9.53 Å². The van der Waals surface area contributed by atoms with Gasteiger partial charge in [-0.05, 0) is 96.4 Å². The predicted molar refractivity (Wildman–Crippen MR) is 147 cm³/mol. The quantitative estimate of drug-likeness (QED) is 0.321.